The van der Waals surface area contributed by atoms with Gasteiger partial charge in [0.25, 0.3) is 0 Å². The van der Waals surface area contributed by atoms with Crippen LogP contribution in [0.15, 0.2) is 54.6 Å². The van der Waals surface area contributed by atoms with Crippen LogP contribution in [0.2, 0.25) is 0 Å². The van der Waals surface area contributed by atoms with Crippen LogP contribution in [-0.2, 0) is 6.42 Å². The number of fused-ring (bicyclic) bond motifs is 1. The molecule has 7 heteroatoms. The van der Waals surface area contributed by atoms with E-state index in [0.29, 0.717) is 44.9 Å². The van der Waals surface area contributed by atoms with Gasteiger partial charge in [-0.05, 0) is 30.2 Å². The maximum Gasteiger partial charge on any atom is 0.415 e. The molecule has 0 spiro atoms. The Morgan fingerprint density at radius 1 is 0.966 bits per heavy atom. The number of hydrogen-bond acceptors (Lipinski definition) is 4. The zero-order valence-electron chi connectivity index (χ0n) is 16.3. The quantitative estimate of drug-likeness (QED) is 0.868. The van der Waals surface area contributed by atoms with Crippen LogP contribution >= 0.6 is 0 Å². The Hall–Kier alpha value is -3.22. The summed E-state index contributed by atoms with van der Waals surface area (Å²) in [5.74, 6) is 1.42. The molecule has 0 aromatic heterocycles. The SMILES string of the molecule is O=C(NCC1Cc2ccccc2O1)N1CCCN(C(=O)Oc2ccccc2)CC1. The number of nitrogens with one attached hydrogen (secondary N) is 1. The zero-order chi connectivity index (χ0) is 20.1. The minimum atomic E-state index is -0.379. The fourth-order valence-electron chi connectivity index (χ4n) is 3.64. The molecule has 2 aromatic rings. The maximum absolute atomic E-state index is 12.6. The van der Waals surface area contributed by atoms with E-state index in [0.717, 1.165) is 12.2 Å². The van der Waals surface area contributed by atoms with Crippen molar-refractivity contribution in [1.82, 2.24) is 15.1 Å². The molecule has 2 aromatic carbocycles. The Morgan fingerprint density at radius 3 is 2.52 bits per heavy atom. The molecule has 2 aliphatic rings. The van der Waals surface area contributed by atoms with E-state index in [1.165, 1.54) is 5.56 Å². The Bertz CT molecular complexity index is 833. The second-order valence-corrected chi connectivity index (χ2v) is 7.25. The normalized spacial score (nSPS) is 18.4. The highest BCUT2D eigenvalue weighted by molar-refractivity contribution is 5.75. The first-order valence-electron chi connectivity index (χ1n) is 9.98. The summed E-state index contributed by atoms with van der Waals surface area (Å²) in [7, 11) is 0. The van der Waals surface area contributed by atoms with Gasteiger partial charge in [-0.3, -0.25) is 0 Å². The molecule has 4 rings (SSSR count). The van der Waals surface area contributed by atoms with E-state index in [4.69, 9.17) is 9.47 Å². The molecule has 2 heterocycles. The summed E-state index contributed by atoms with van der Waals surface area (Å²) >= 11 is 0. The van der Waals surface area contributed by atoms with Crippen LogP contribution in [0, 0.1) is 0 Å². The highest BCUT2D eigenvalue weighted by Crippen LogP contribution is 2.27. The third-order valence-electron chi connectivity index (χ3n) is 5.18. The fourth-order valence-corrected chi connectivity index (χ4v) is 3.64. The average molecular weight is 395 g/mol. The number of urea groups is 1. The van der Waals surface area contributed by atoms with Crippen LogP contribution in [0.1, 0.15) is 12.0 Å². The van der Waals surface area contributed by atoms with Crippen molar-refractivity contribution in [2.45, 2.75) is 18.9 Å². The van der Waals surface area contributed by atoms with E-state index >= 15 is 0 Å². The first-order chi connectivity index (χ1) is 14.2. The molecule has 7 nitrogen and oxygen atoms in total. The number of amides is 3. The van der Waals surface area contributed by atoms with Crippen LogP contribution in [0.3, 0.4) is 0 Å². The third kappa shape index (κ3) is 4.80. The summed E-state index contributed by atoms with van der Waals surface area (Å²) in [5, 5.41) is 2.97. The highest BCUT2D eigenvalue weighted by Gasteiger charge is 2.26. The molecule has 0 aliphatic carbocycles. The number of carbonyl (C=O) groups excluding carboxylic acids is 2. The van der Waals surface area contributed by atoms with Crippen LogP contribution in [-0.4, -0.2) is 60.8 Å². The minimum absolute atomic E-state index is 0.0410. The maximum atomic E-state index is 12.6. The topological polar surface area (TPSA) is 71.1 Å². The second-order valence-electron chi connectivity index (χ2n) is 7.25. The highest BCUT2D eigenvalue weighted by atomic mass is 16.6. The lowest BCUT2D eigenvalue weighted by Crippen LogP contribution is -2.45. The monoisotopic (exact) mass is 395 g/mol. The van der Waals surface area contributed by atoms with Gasteiger partial charge in [-0.15, -0.1) is 0 Å². The van der Waals surface area contributed by atoms with Crippen molar-refractivity contribution in [2.24, 2.45) is 0 Å². The number of rotatable bonds is 3. The van der Waals surface area contributed by atoms with Gasteiger partial charge in [-0.1, -0.05) is 36.4 Å². The largest absolute Gasteiger partial charge is 0.488 e. The average Bonchev–Trinajstić information content (AvgIpc) is 2.99. The molecule has 29 heavy (non-hydrogen) atoms. The zero-order valence-corrected chi connectivity index (χ0v) is 16.3. The minimum Gasteiger partial charge on any atom is -0.488 e. The molecule has 152 valence electrons. The van der Waals surface area contributed by atoms with Crippen molar-refractivity contribution in [3.05, 3.63) is 60.2 Å². The van der Waals surface area contributed by atoms with Gasteiger partial charge in [-0.25, -0.2) is 9.59 Å². The van der Waals surface area contributed by atoms with Gasteiger partial charge >= 0.3 is 12.1 Å². The molecule has 0 bridgehead atoms. The summed E-state index contributed by atoms with van der Waals surface area (Å²) in [6.07, 6.45) is 1.09. The third-order valence-corrected chi connectivity index (χ3v) is 5.18. The Labute approximate surface area is 170 Å². The van der Waals surface area contributed by atoms with E-state index in [2.05, 4.69) is 11.4 Å². The Morgan fingerprint density at radius 2 is 1.69 bits per heavy atom. The van der Waals surface area contributed by atoms with E-state index in [-0.39, 0.29) is 18.2 Å². The second kappa shape index (κ2) is 8.86. The van der Waals surface area contributed by atoms with Gasteiger partial charge in [0.1, 0.15) is 17.6 Å². The fraction of sp³-hybridized carbons (Fsp3) is 0.364. The van der Waals surface area contributed by atoms with Crippen molar-refractivity contribution >= 4 is 12.1 Å². The van der Waals surface area contributed by atoms with E-state index in [1.807, 2.05) is 36.4 Å². The summed E-state index contributed by atoms with van der Waals surface area (Å²) in [6.45, 7) is 2.55. The Kier molecular flexibility index (Phi) is 5.84. The van der Waals surface area contributed by atoms with Crippen molar-refractivity contribution in [3.8, 4) is 11.5 Å². The van der Waals surface area contributed by atoms with E-state index < -0.39 is 0 Å². The van der Waals surface area contributed by atoms with Crippen molar-refractivity contribution in [2.75, 3.05) is 32.7 Å². The molecular formula is C22H25N3O4. The summed E-state index contributed by atoms with van der Waals surface area (Å²) in [5.41, 5.74) is 1.18. The molecule has 0 radical (unpaired) electrons. The Balaban J connectivity index is 1.23. The predicted molar refractivity (Wildman–Crippen MR) is 108 cm³/mol. The van der Waals surface area contributed by atoms with Crippen LogP contribution in [0.5, 0.6) is 11.5 Å². The smallest absolute Gasteiger partial charge is 0.415 e. The van der Waals surface area contributed by atoms with Gasteiger partial charge < -0.3 is 24.6 Å². The van der Waals surface area contributed by atoms with E-state index in [9.17, 15) is 9.59 Å². The predicted octanol–water partition coefficient (Wildman–Crippen LogP) is 2.91. The molecule has 1 fully saturated rings. The van der Waals surface area contributed by atoms with Gasteiger partial charge in [0.15, 0.2) is 0 Å². The number of hydrogen-bond donors (Lipinski definition) is 1. The lowest BCUT2D eigenvalue weighted by molar-refractivity contribution is 0.152. The molecule has 1 unspecified atom stereocenters. The molecule has 2 aliphatic heterocycles. The van der Waals surface area contributed by atoms with Gasteiger partial charge in [0, 0.05) is 32.6 Å². The van der Waals surface area contributed by atoms with Crippen LogP contribution < -0.4 is 14.8 Å². The summed E-state index contributed by atoms with van der Waals surface area (Å²) in [4.78, 5) is 28.3. The lowest BCUT2D eigenvalue weighted by atomic mass is 10.1. The number of benzene rings is 2. The number of ether oxygens (including phenoxy) is 2. The summed E-state index contributed by atoms with van der Waals surface area (Å²) in [6, 6.07) is 16.8. The lowest BCUT2D eigenvalue weighted by Gasteiger charge is -2.23. The van der Waals surface area contributed by atoms with Gasteiger partial charge in [-0.2, -0.15) is 0 Å². The van der Waals surface area contributed by atoms with Crippen molar-refractivity contribution in [3.63, 3.8) is 0 Å². The number of para-hydroxylation sites is 2. The molecule has 3 amide bonds. The van der Waals surface area contributed by atoms with E-state index in [1.54, 1.807) is 21.9 Å². The first kappa shape index (κ1) is 19.1. The number of nitrogens with zero attached hydrogens (tertiary/aromatic N) is 2. The van der Waals surface area contributed by atoms with Gasteiger partial charge in [0.2, 0.25) is 0 Å². The van der Waals surface area contributed by atoms with Crippen LogP contribution in [0.25, 0.3) is 0 Å². The molecule has 1 atom stereocenters. The number of carbonyl (C=O) groups is 2. The standard InChI is InChI=1S/C22H25N3O4/c26-21(23-16-19-15-17-7-4-5-10-20(17)28-19)24-11-6-12-25(14-13-24)22(27)29-18-8-2-1-3-9-18/h1-5,7-10,19H,6,11-16H2,(H,23,26). The van der Waals surface area contributed by atoms with Crippen molar-refractivity contribution in [1.29, 1.82) is 0 Å². The molecule has 1 saturated heterocycles. The van der Waals surface area contributed by atoms with Crippen LogP contribution in [0.4, 0.5) is 9.59 Å². The first-order valence-corrected chi connectivity index (χ1v) is 9.98. The molecule has 1 N–H and O–H groups in total. The summed E-state index contributed by atoms with van der Waals surface area (Å²) < 4.78 is 11.3. The molecule has 0 saturated carbocycles. The van der Waals surface area contributed by atoms with Crippen molar-refractivity contribution < 1.29 is 19.1 Å². The molecular weight excluding hydrogens is 370 g/mol. The van der Waals surface area contributed by atoms with Gasteiger partial charge in [0.05, 0.1) is 6.54 Å².